The SMILES string of the molecule is Fc1ccc(F)c(SCc2cc(Cl)ccn2)c1. The maximum absolute atomic E-state index is 13.3. The predicted octanol–water partition coefficient (Wildman–Crippen LogP) is 4.31. The van der Waals surface area contributed by atoms with Crippen LogP contribution in [-0.2, 0) is 5.75 Å². The summed E-state index contributed by atoms with van der Waals surface area (Å²) in [4.78, 5) is 4.36. The van der Waals surface area contributed by atoms with Crippen molar-refractivity contribution in [3.05, 3.63) is 58.9 Å². The molecule has 0 saturated carbocycles. The van der Waals surface area contributed by atoms with Crippen LogP contribution in [0.3, 0.4) is 0 Å². The molecule has 2 rings (SSSR count). The number of halogens is 3. The molecule has 0 fully saturated rings. The Balaban J connectivity index is 2.09. The van der Waals surface area contributed by atoms with Crippen molar-refractivity contribution in [3.63, 3.8) is 0 Å². The van der Waals surface area contributed by atoms with E-state index in [-0.39, 0.29) is 4.90 Å². The average Bonchev–Trinajstić information content (AvgIpc) is 2.30. The molecule has 0 bridgehead atoms. The van der Waals surface area contributed by atoms with Crippen molar-refractivity contribution in [2.24, 2.45) is 0 Å². The van der Waals surface area contributed by atoms with E-state index in [0.29, 0.717) is 10.8 Å². The van der Waals surface area contributed by atoms with Gasteiger partial charge in [0.25, 0.3) is 0 Å². The highest BCUT2D eigenvalue weighted by atomic mass is 35.5. The molecule has 1 heterocycles. The van der Waals surface area contributed by atoms with Gasteiger partial charge in [0.05, 0.1) is 5.69 Å². The van der Waals surface area contributed by atoms with Crippen molar-refractivity contribution in [3.8, 4) is 0 Å². The Morgan fingerprint density at radius 1 is 1.18 bits per heavy atom. The van der Waals surface area contributed by atoms with E-state index in [1.165, 1.54) is 17.8 Å². The number of aromatic nitrogens is 1. The highest BCUT2D eigenvalue weighted by molar-refractivity contribution is 7.98. The van der Waals surface area contributed by atoms with Crippen LogP contribution in [0.5, 0.6) is 0 Å². The van der Waals surface area contributed by atoms with Crippen molar-refractivity contribution in [2.45, 2.75) is 10.6 Å². The van der Waals surface area contributed by atoms with Gasteiger partial charge in [-0.25, -0.2) is 8.78 Å². The molecule has 0 N–H and O–H groups in total. The average molecular weight is 272 g/mol. The van der Waals surface area contributed by atoms with Crippen LogP contribution in [0.1, 0.15) is 5.69 Å². The van der Waals surface area contributed by atoms with Gasteiger partial charge in [0, 0.05) is 21.9 Å². The lowest BCUT2D eigenvalue weighted by Gasteiger charge is -2.03. The molecule has 0 spiro atoms. The molecule has 0 unspecified atom stereocenters. The third-order valence-electron chi connectivity index (χ3n) is 2.05. The second kappa shape index (κ2) is 5.47. The first-order valence-corrected chi connectivity index (χ1v) is 6.20. The summed E-state index contributed by atoms with van der Waals surface area (Å²) in [6.07, 6.45) is 1.58. The third-order valence-corrected chi connectivity index (χ3v) is 3.35. The summed E-state index contributed by atoms with van der Waals surface area (Å²) >= 11 is 6.99. The highest BCUT2D eigenvalue weighted by Gasteiger charge is 2.05. The van der Waals surface area contributed by atoms with Crippen LogP contribution in [0.15, 0.2) is 41.4 Å². The van der Waals surface area contributed by atoms with Crippen LogP contribution in [0, 0.1) is 11.6 Å². The highest BCUT2D eigenvalue weighted by Crippen LogP contribution is 2.26. The van der Waals surface area contributed by atoms with Gasteiger partial charge < -0.3 is 0 Å². The van der Waals surface area contributed by atoms with Crippen molar-refractivity contribution < 1.29 is 8.78 Å². The van der Waals surface area contributed by atoms with Gasteiger partial charge in [-0.05, 0) is 30.3 Å². The lowest BCUT2D eigenvalue weighted by Crippen LogP contribution is -1.88. The number of hydrogen-bond acceptors (Lipinski definition) is 2. The molecule has 5 heteroatoms. The van der Waals surface area contributed by atoms with E-state index in [0.717, 1.165) is 17.8 Å². The van der Waals surface area contributed by atoms with Crippen molar-refractivity contribution >= 4 is 23.4 Å². The zero-order valence-corrected chi connectivity index (χ0v) is 10.2. The second-order valence-electron chi connectivity index (χ2n) is 3.33. The largest absolute Gasteiger partial charge is 0.260 e. The molecule has 0 aliphatic rings. The van der Waals surface area contributed by atoms with Crippen LogP contribution in [0.25, 0.3) is 0 Å². The first-order valence-electron chi connectivity index (χ1n) is 4.83. The minimum Gasteiger partial charge on any atom is -0.260 e. The summed E-state index contributed by atoms with van der Waals surface area (Å²) in [5, 5.41) is 0.579. The number of hydrogen-bond donors (Lipinski definition) is 0. The lowest BCUT2D eigenvalue weighted by molar-refractivity contribution is 0.577. The maximum Gasteiger partial charge on any atom is 0.136 e. The molecule has 0 aliphatic heterocycles. The molecule has 1 aromatic heterocycles. The normalized spacial score (nSPS) is 10.5. The van der Waals surface area contributed by atoms with E-state index >= 15 is 0 Å². The number of nitrogens with zero attached hydrogens (tertiary/aromatic N) is 1. The van der Waals surface area contributed by atoms with Crippen LogP contribution in [0.4, 0.5) is 8.78 Å². The van der Waals surface area contributed by atoms with Crippen molar-refractivity contribution in [2.75, 3.05) is 0 Å². The smallest absolute Gasteiger partial charge is 0.136 e. The Labute approximate surface area is 107 Å². The summed E-state index contributed by atoms with van der Waals surface area (Å²) < 4.78 is 26.2. The molecule has 88 valence electrons. The second-order valence-corrected chi connectivity index (χ2v) is 4.78. The Bertz CT molecular complexity index is 534. The fourth-order valence-corrected chi connectivity index (χ4v) is 2.31. The van der Waals surface area contributed by atoms with Crippen molar-refractivity contribution in [1.29, 1.82) is 0 Å². The van der Waals surface area contributed by atoms with Gasteiger partial charge in [-0.15, -0.1) is 11.8 Å². The Kier molecular flexibility index (Phi) is 3.97. The first kappa shape index (κ1) is 12.3. The summed E-state index contributed by atoms with van der Waals surface area (Å²) in [7, 11) is 0. The molecule has 1 aromatic carbocycles. The van der Waals surface area contributed by atoms with Gasteiger partial charge in [0.1, 0.15) is 11.6 Å². The molecule has 0 amide bonds. The van der Waals surface area contributed by atoms with Crippen LogP contribution in [0.2, 0.25) is 5.02 Å². The van der Waals surface area contributed by atoms with E-state index in [1.54, 1.807) is 18.3 Å². The number of rotatable bonds is 3. The fraction of sp³-hybridized carbons (Fsp3) is 0.0833. The molecule has 2 aromatic rings. The molecule has 0 aliphatic carbocycles. The summed E-state index contributed by atoms with van der Waals surface area (Å²) in [6.45, 7) is 0. The van der Waals surface area contributed by atoms with Crippen molar-refractivity contribution in [1.82, 2.24) is 4.98 Å². The Morgan fingerprint density at radius 3 is 2.76 bits per heavy atom. The Morgan fingerprint density at radius 2 is 2.00 bits per heavy atom. The zero-order valence-electron chi connectivity index (χ0n) is 8.66. The quantitative estimate of drug-likeness (QED) is 0.772. The third kappa shape index (κ3) is 3.41. The predicted molar refractivity (Wildman–Crippen MR) is 65.2 cm³/mol. The lowest BCUT2D eigenvalue weighted by atomic mass is 10.3. The molecule has 17 heavy (non-hydrogen) atoms. The van der Waals surface area contributed by atoms with Gasteiger partial charge >= 0.3 is 0 Å². The fourth-order valence-electron chi connectivity index (χ4n) is 1.27. The topological polar surface area (TPSA) is 12.9 Å². The van der Waals surface area contributed by atoms with E-state index in [4.69, 9.17) is 11.6 Å². The number of benzene rings is 1. The standard InChI is InChI=1S/C12H8ClF2NS/c13-8-3-4-16-10(5-8)7-17-12-6-9(14)1-2-11(12)15/h1-6H,7H2. The van der Waals surface area contributed by atoms with Crippen LogP contribution >= 0.6 is 23.4 Å². The molecular formula is C12H8ClF2NS. The summed E-state index contributed by atoms with van der Waals surface area (Å²) in [5.74, 6) is -0.438. The molecule has 0 saturated heterocycles. The zero-order chi connectivity index (χ0) is 12.3. The van der Waals surface area contributed by atoms with Gasteiger partial charge in [-0.3, -0.25) is 4.98 Å². The van der Waals surface area contributed by atoms with Gasteiger partial charge in [0.2, 0.25) is 0 Å². The van der Waals surface area contributed by atoms with Gasteiger partial charge in [-0.1, -0.05) is 11.6 Å². The number of thioether (sulfide) groups is 1. The van der Waals surface area contributed by atoms with Crippen LogP contribution < -0.4 is 0 Å². The number of pyridine rings is 1. The van der Waals surface area contributed by atoms with E-state index in [9.17, 15) is 8.78 Å². The van der Waals surface area contributed by atoms with Gasteiger partial charge in [0.15, 0.2) is 0 Å². The minimum atomic E-state index is -0.451. The molecule has 0 radical (unpaired) electrons. The monoisotopic (exact) mass is 271 g/mol. The summed E-state index contributed by atoms with van der Waals surface area (Å²) in [5.41, 5.74) is 0.728. The maximum atomic E-state index is 13.3. The van der Waals surface area contributed by atoms with E-state index in [2.05, 4.69) is 4.98 Å². The Hall–Kier alpha value is -1.13. The van der Waals surface area contributed by atoms with E-state index < -0.39 is 11.6 Å². The first-order chi connectivity index (χ1) is 8.15. The minimum absolute atomic E-state index is 0.270. The summed E-state index contributed by atoms with van der Waals surface area (Å²) in [6, 6.07) is 6.74. The molecule has 0 atom stereocenters. The van der Waals surface area contributed by atoms with Crippen LogP contribution in [-0.4, -0.2) is 4.98 Å². The van der Waals surface area contributed by atoms with Gasteiger partial charge in [-0.2, -0.15) is 0 Å². The van der Waals surface area contributed by atoms with E-state index in [1.807, 2.05) is 0 Å². The molecular weight excluding hydrogens is 264 g/mol. The molecule has 1 nitrogen and oxygen atoms in total.